The summed E-state index contributed by atoms with van der Waals surface area (Å²) in [6.07, 6.45) is 0.202. The highest BCUT2D eigenvalue weighted by Crippen LogP contribution is 2.28. The first-order chi connectivity index (χ1) is 8.56. The number of carbonyl (C=O) groups excluding carboxylic acids is 1. The molecule has 0 N–H and O–H groups in total. The van der Waals surface area contributed by atoms with Crippen LogP contribution in [0.15, 0.2) is 0 Å². The van der Waals surface area contributed by atoms with Crippen LogP contribution in [0, 0.1) is 5.92 Å². The van der Waals surface area contributed by atoms with Crippen LogP contribution in [-0.2, 0) is 23.7 Å². The van der Waals surface area contributed by atoms with E-state index in [2.05, 4.69) is 0 Å². The second kappa shape index (κ2) is 9.30. The van der Waals surface area contributed by atoms with Gasteiger partial charge in [-0.2, -0.15) is 0 Å². The predicted molar refractivity (Wildman–Crippen MR) is 68.0 cm³/mol. The zero-order chi connectivity index (χ0) is 14.0. The molecule has 5 nitrogen and oxygen atoms in total. The van der Waals surface area contributed by atoms with Crippen LogP contribution in [-0.4, -0.2) is 38.4 Å². The molecule has 0 aromatic carbocycles. The van der Waals surface area contributed by atoms with Crippen LogP contribution in [0.3, 0.4) is 0 Å². The van der Waals surface area contributed by atoms with Crippen LogP contribution in [0.1, 0.15) is 41.0 Å². The molecule has 0 spiro atoms. The molecule has 108 valence electrons. The molecule has 0 fully saturated rings. The number of esters is 1. The predicted octanol–water partition coefficient (Wildman–Crippen LogP) is 2.34. The third-order valence-corrected chi connectivity index (χ3v) is 2.42. The van der Waals surface area contributed by atoms with Gasteiger partial charge in [0.15, 0.2) is 0 Å². The highest BCUT2D eigenvalue weighted by Gasteiger charge is 2.40. The van der Waals surface area contributed by atoms with Crippen LogP contribution >= 0.6 is 0 Å². The summed E-state index contributed by atoms with van der Waals surface area (Å²) in [5.41, 5.74) is 0. The van der Waals surface area contributed by atoms with E-state index >= 15 is 0 Å². The monoisotopic (exact) mass is 262 g/mol. The zero-order valence-electron chi connectivity index (χ0n) is 12.2. The van der Waals surface area contributed by atoms with Crippen molar-refractivity contribution in [2.45, 2.75) is 47.0 Å². The minimum atomic E-state index is -1.16. The lowest BCUT2D eigenvalue weighted by molar-refractivity contribution is -0.399. The first kappa shape index (κ1) is 17.4. The quantitative estimate of drug-likeness (QED) is 0.447. The first-order valence-electron chi connectivity index (χ1n) is 6.63. The fourth-order valence-electron chi connectivity index (χ4n) is 1.75. The lowest BCUT2D eigenvalue weighted by atomic mass is 10.1. The Labute approximate surface area is 110 Å². The molecule has 0 saturated heterocycles. The van der Waals surface area contributed by atoms with Gasteiger partial charge in [-0.05, 0) is 27.7 Å². The second-order valence-corrected chi connectivity index (χ2v) is 3.81. The third kappa shape index (κ3) is 5.33. The minimum absolute atomic E-state index is 0.202. The lowest BCUT2D eigenvalue weighted by Crippen LogP contribution is -2.46. The van der Waals surface area contributed by atoms with Crippen molar-refractivity contribution in [1.29, 1.82) is 0 Å². The molecule has 5 heteroatoms. The van der Waals surface area contributed by atoms with Gasteiger partial charge in [-0.15, -0.1) is 0 Å². The van der Waals surface area contributed by atoms with Crippen LogP contribution < -0.4 is 0 Å². The molecule has 0 saturated carbocycles. The van der Waals surface area contributed by atoms with E-state index in [-0.39, 0.29) is 18.3 Å². The van der Waals surface area contributed by atoms with Gasteiger partial charge in [-0.3, -0.25) is 4.79 Å². The molecule has 0 amide bonds. The van der Waals surface area contributed by atoms with Gasteiger partial charge in [0.2, 0.25) is 0 Å². The molecule has 0 aliphatic rings. The summed E-state index contributed by atoms with van der Waals surface area (Å²) in [5.74, 6) is -1.67. The Morgan fingerprint density at radius 3 is 1.72 bits per heavy atom. The molecular weight excluding hydrogens is 236 g/mol. The van der Waals surface area contributed by atoms with Gasteiger partial charge in [0, 0.05) is 25.7 Å². The van der Waals surface area contributed by atoms with Gasteiger partial charge in [-0.25, -0.2) is 0 Å². The Balaban J connectivity index is 4.73. The van der Waals surface area contributed by atoms with E-state index < -0.39 is 5.97 Å². The van der Waals surface area contributed by atoms with Crippen LogP contribution in [0.2, 0.25) is 0 Å². The van der Waals surface area contributed by atoms with Crippen molar-refractivity contribution in [3.05, 3.63) is 0 Å². The molecule has 18 heavy (non-hydrogen) atoms. The average molecular weight is 262 g/mol. The first-order valence-corrected chi connectivity index (χ1v) is 6.63. The summed E-state index contributed by atoms with van der Waals surface area (Å²) in [7, 11) is 0. The van der Waals surface area contributed by atoms with E-state index in [1.807, 2.05) is 27.7 Å². The van der Waals surface area contributed by atoms with E-state index in [9.17, 15) is 4.79 Å². The number of hydrogen-bond acceptors (Lipinski definition) is 5. The topological polar surface area (TPSA) is 54.0 Å². The van der Waals surface area contributed by atoms with E-state index in [0.717, 1.165) is 0 Å². The summed E-state index contributed by atoms with van der Waals surface area (Å²) < 4.78 is 21.7. The molecule has 0 aromatic rings. The second-order valence-electron chi connectivity index (χ2n) is 3.81. The molecule has 0 aromatic heterocycles. The van der Waals surface area contributed by atoms with Gasteiger partial charge in [0.25, 0.3) is 5.97 Å². The molecule has 0 aliphatic carbocycles. The van der Waals surface area contributed by atoms with Gasteiger partial charge >= 0.3 is 5.97 Å². The fourth-order valence-corrected chi connectivity index (χ4v) is 1.75. The zero-order valence-corrected chi connectivity index (χ0v) is 12.2. The summed E-state index contributed by atoms with van der Waals surface area (Å²) >= 11 is 0. The van der Waals surface area contributed by atoms with Crippen molar-refractivity contribution in [3.8, 4) is 0 Å². The Bertz CT molecular complexity index is 212. The van der Waals surface area contributed by atoms with Crippen molar-refractivity contribution in [1.82, 2.24) is 0 Å². The van der Waals surface area contributed by atoms with E-state index in [4.69, 9.17) is 18.9 Å². The highest BCUT2D eigenvalue weighted by molar-refractivity contribution is 5.69. The molecular formula is C13H26O5. The van der Waals surface area contributed by atoms with Crippen molar-refractivity contribution >= 4 is 5.97 Å². The van der Waals surface area contributed by atoms with Gasteiger partial charge in [0.05, 0.1) is 13.0 Å². The van der Waals surface area contributed by atoms with Crippen molar-refractivity contribution in [2.24, 2.45) is 5.92 Å². The Hall–Kier alpha value is -0.650. The number of rotatable bonds is 10. The molecule has 1 unspecified atom stereocenters. The maximum atomic E-state index is 11.5. The van der Waals surface area contributed by atoms with Gasteiger partial charge < -0.3 is 18.9 Å². The third-order valence-electron chi connectivity index (χ3n) is 2.42. The maximum Gasteiger partial charge on any atom is 0.306 e. The summed E-state index contributed by atoms with van der Waals surface area (Å²) in [5, 5.41) is 0. The van der Waals surface area contributed by atoms with Gasteiger partial charge in [0.1, 0.15) is 0 Å². The highest BCUT2D eigenvalue weighted by atomic mass is 16.9. The molecule has 1 atom stereocenters. The maximum absolute atomic E-state index is 11.5. The number of ether oxygens (including phenoxy) is 4. The smallest absolute Gasteiger partial charge is 0.306 e. The normalized spacial score (nSPS) is 13.4. The summed E-state index contributed by atoms with van der Waals surface area (Å²) in [6.45, 7) is 11.0. The SMILES string of the molecule is CCOC(=O)CC(C)C(OCC)(OCC)OCC. The standard InChI is InChI=1S/C13H26O5/c1-6-15-12(14)10-11(5)13(16-7-2,17-8-3)18-9-4/h11H,6-10H2,1-5H3. The number of hydrogen-bond donors (Lipinski definition) is 0. The molecule has 0 rings (SSSR count). The van der Waals surface area contributed by atoms with Crippen LogP contribution in [0.4, 0.5) is 0 Å². The van der Waals surface area contributed by atoms with Gasteiger partial charge in [-0.1, -0.05) is 6.92 Å². The summed E-state index contributed by atoms with van der Waals surface area (Å²) in [4.78, 5) is 11.5. The largest absolute Gasteiger partial charge is 0.466 e. The molecule has 0 aliphatic heterocycles. The van der Waals surface area contributed by atoms with E-state index in [0.29, 0.717) is 26.4 Å². The van der Waals surface area contributed by atoms with Crippen molar-refractivity contribution in [2.75, 3.05) is 26.4 Å². The Morgan fingerprint density at radius 2 is 1.39 bits per heavy atom. The molecule has 0 heterocycles. The Kier molecular flexibility index (Phi) is 8.97. The van der Waals surface area contributed by atoms with Crippen LogP contribution in [0.5, 0.6) is 0 Å². The summed E-state index contributed by atoms with van der Waals surface area (Å²) in [6, 6.07) is 0. The fraction of sp³-hybridized carbons (Fsp3) is 0.923. The van der Waals surface area contributed by atoms with Crippen molar-refractivity contribution < 1.29 is 23.7 Å². The Morgan fingerprint density at radius 1 is 0.944 bits per heavy atom. The average Bonchev–Trinajstić information content (AvgIpc) is 2.30. The number of carbonyl (C=O) groups is 1. The lowest BCUT2D eigenvalue weighted by Gasteiger charge is -2.36. The minimum Gasteiger partial charge on any atom is -0.466 e. The van der Waals surface area contributed by atoms with E-state index in [1.165, 1.54) is 0 Å². The molecule has 0 radical (unpaired) electrons. The van der Waals surface area contributed by atoms with Crippen molar-refractivity contribution in [3.63, 3.8) is 0 Å². The molecule has 0 bridgehead atoms. The van der Waals surface area contributed by atoms with Crippen LogP contribution in [0.25, 0.3) is 0 Å². The van der Waals surface area contributed by atoms with E-state index in [1.54, 1.807) is 6.92 Å².